The fraction of sp³-hybridized carbons (Fsp3) is 0.440. The van der Waals surface area contributed by atoms with E-state index in [0.29, 0.717) is 31.0 Å². The molecule has 2 aromatic rings. The summed E-state index contributed by atoms with van der Waals surface area (Å²) in [5, 5.41) is 5.76. The third-order valence-electron chi connectivity index (χ3n) is 5.51. The van der Waals surface area contributed by atoms with Crippen molar-refractivity contribution in [3.05, 3.63) is 59.7 Å². The van der Waals surface area contributed by atoms with Gasteiger partial charge in [0.2, 0.25) is 0 Å². The molecule has 32 heavy (non-hydrogen) atoms. The molecular weight excluding hydrogens is 408 g/mol. The number of hydrogen-bond acceptors (Lipinski definition) is 5. The number of amides is 2. The summed E-state index contributed by atoms with van der Waals surface area (Å²) >= 11 is 0. The third kappa shape index (κ3) is 6.23. The summed E-state index contributed by atoms with van der Waals surface area (Å²) in [6.07, 6.45) is 1.08. The Hall–Kier alpha value is -3.06. The smallest absolute Gasteiger partial charge is 0.412 e. The summed E-state index contributed by atoms with van der Waals surface area (Å²) in [6, 6.07) is 14.8. The second-order valence-electron chi connectivity index (χ2n) is 9.01. The summed E-state index contributed by atoms with van der Waals surface area (Å²) in [5.74, 6) is 0.603. The Kier molecular flexibility index (Phi) is 7.40. The molecule has 0 saturated carbocycles. The van der Waals surface area contributed by atoms with E-state index in [1.807, 2.05) is 12.1 Å². The molecule has 7 heteroatoms. The molecule has 0 aliphatic carbocycles. The molecule has 0 aromatic heterocycles. The van der Waals surface area contributed by atoms with E-state index >= 15 is 0 Å². The van der Waals surface area contributed by atoms with Crippen molar-refractivity contribution in [3.63, 3.8) is 0 Å². The molecule has 1 saturated heterocycles. The minimum Gasteiger partial charge on any atom is -0.497 e. The minimum atomic E-state index is -0.599. The fourth-order valence-electron chi connectivity index (χ4n) is 3.79. The molecule has 0 radical (unpaired) electrons. The third-order valence-corrected chi connectivity index (χ3v) is 5.51. The molecule has 2 amide bonds. The van der Waals surface area contributed by atoms with Crippen molar-refractivity contribution in [3.8, 4) is 5.75 Å². The van der Waals surface area contributed by atoms with Crippen LogP contribution in [0.25, 0.3) is 0 Å². The van der Waals surface area contributed by atoms with Gasteiger partial charge in [-0.05, 0) is 69.5 Å². The van der Waals surface area contributed by atoms with Gasteiger partial charge in [0, 0.05) is 36.4 Å². The molecule has 1 aliphatic heterocycles. The molecule has 7 nitrogen and oxygen atoms in total. The Labute approximate surface area is 189 Å². The van der Waals surface area contributed by atoms with Gasteiger partial charge in [0.25, 0.3) is 5.91 Å². The molecule has 0 spiro atoms. The standard InChI is InChI=1S/C25H32N2O5/c1-24(2,3)32-23(29)27-20-7-5-6-18(16-20)22(28)26-17-25(12-14-31-15-13-25)19-8-10-21(30-4)11-9-19/h5-11,16H,12-15,17H2,1-4H3,(H,26,28)(H,27,29). The number of carbonyl (C=O) groups is 2. The van der Waals surface area contributed by atoms with Crippen molar-refractivity contribution < 1.29 is 23.8 Å². The minimum absolute atomic E-state index is 0.197. The van der Waals surface area contributed by atoms with Crippen LogP contribution >= 0.6 is 0 Å². The van der Waals surface area contributed by atoms with Gasteiger partial charge >= 0.3 is 6.09 Å². The molecule has 2 N–H and O–H groups in total. The van der Waals surface area contributed by atoms with E-state index in [4.69, 9.17) is 14.2 Å². The quantitative estimate of drug-likeness (QED) is 0.690. The normalized spacial score (nSPS) is 15.5. The van der Waals surface area contributed by atoms with Gasteiger partial charge in [-0.3, -0.25) is 10.1 Å². The largest absolute Gasteiger partial charge is 0.497 e. The molecule has 3 rings (SSSR count). The zero-order valence-corrected chi connectivity index (χ0v) is 19.2. The van der Waals surface area contributed by atoms with Crippen LogP contribution in [0.2, 0.25) is 0 Å². The summed E-state index contributed by atoms with van der Waals surface area (Å²) in [5.41, 5.74) is 1.33. The first-order valence-corrected chi connectivity index (χ1v) is 10.8. The van der Waals surface area contributed by atoms with E-state index in [-0.39, 0.29) is 11.3 Å². The molecule has 1 aliphatic rings. The zero-order chi connectivity index (χ0) is 23.2. The van der Waals surface area contributed by atoms with Gasteiger partial charge in [0.15, 0.2) is 0 Å². The highest BCUT2D eigenvalue weighted by Gasteiger charge is 2.35. The number of nitrogens with one attached hydrogen (secondary N) is 2. The molecular formula is C25H32N2O5. The van der Waals surface area contributed by atoms with Crippen LogP contribution in [0.3, 0.4) is 0 Å². The predicted molar refractivity (Wildman–Crippen MR) is 123 cm³/mol. The first-order chi connectivity index (χ1) is 15.2. The molecule has 172 valence electrons. The average molecular weight is 441 g/mol. The first-order valence-electron chi connectivity index (χ1n) is 10.8. The number of rotatable bonds is 6. The van der Waals surface area contributed by atoms with E-state index in [0.717, 1.165) is 24.2 Å². The second-order valence-corrected chi connectivity index (χ2v) is 9.01. The lowest BCUT2D eigenvalue weighted by molar-refractivity contribution is 0.0487. The van der Waals surface area contributed by atoms with Crippen LogP contribution < -0.4 is 15.4 Å². The first kappa shape index (κ1) is 23.6. The molecule has 1 heterocycles. The summed E-state index contributed by atoms with van der Waals surface area (Å²) in [4.78, 5) is 25.0. The van der Waals surface area contributed by atoms with E-state index < -0.39 is 11.7 Å². The Bertz CT molecular complexity index is 928. The van der Waals surface area contributed by atoms with Gasteiger partial charge in [-0.1, -0.05) is 18.2 Å². The highest BCUT2D eigenvalue weighted by Crippen LogP contribution is 2.35. The van der Waals surface area contributed by atoms with Crippen molar-refractivity contribution in [2.75, 3.05) is 32.2 Å². The molecule has 0 atom stereocenters. The maximum Gasteiger partial charge on any atom is 0.412 e. The van der Waals surface area contributed by atoms with Gasteiger partial charge in [-0.15, -0.1) is 0 Å². The Morgan fingerprint density at radius 1 is 1.06 bits per heavy atom. The van der Waals surface area contributed by atoms with Gasteiger partial charge in [-0.2, -0.15) is 0 Å². The van der Waals surface area contributed by atoms with E-state index in [2.05, 4.69) is 22.8 Å². The van der Waals surface area contributed by atoms with Crippen LogP contribution in [0.15, 0.2) is 48.5 Å². The number of carbonyl (C=O) groups excluding carboxylic acids is 2. The van der Waals surface area contributed by atoms with E-state index in [1.165, 1.54) is 0 Å². The van der Waals surface area contributed by atoms with E-state index in [9.17, 15) is 9.59 Å². The van der Waals surface area contributed by atoms with E-state index in [1.54, 1.807) is 52.1 Å². The number of hydrogen-bond donors (Lipinski definition) is 2. The molecule has 2 aromatic carbocycles. The fourth-order valence-corrected chi connectivity index (χ4v) is 3.79. The van der Waals surface area contributed by atoms with Gasteiger partial charge in [0.05, 0.1) is 7.11 Å². The van der Waals surface area contributed by atoms with Crippen LogP contribution in [-0.2, 0) is 14.9 Å². The maximum absolute atomic E-state index is 12.9. The molecule has 0 bridgehead atoms. The average Bonchev–Trinajstić information content (AvgIpc) is 2.77. The topological polar surface area (TPSA) is 85.9 Å². The highest BCUT2D eigenvalue weighted by atomic mass is 16.6. The van der Waals surface area contributed by atoms with Crippen molar-refractivity contribution in [1.29, 1.82) is 0 Å². The monoisotopic (exact) mass is 440 g/mol. The van der Waals surface area contributed by atoms with Crippen molar-refractivity contribution >= 4 is 17.7 Å². The van der Waals surface area contributed by atoms with Crippen molar-refractivity contribution in [2.45, 2.75) is 44.6 Å². The summed E-state index contributed by atoms with van der Waals surface area (Å²) in [6.45, 7) is 7.18. The lowest BCUT2D eigenvalue weighted by Gasteiger charge is -2.38. The Morgan fingerprint density at radius 3 is 2.38 bits per heavy atom. The molecule has 1 fully saturated rings. The summed E-state index contributed by atoms with van der Waals surface area (Å²) in [7, 11) is 1.64. The lowest BCUT2D eigenvalue weighted by atomic mass is 9.74. The Morgan fingerprint density at radius 2 is 1.75 bits per heavy atom. The number of anilines is 1. The second kappa shape index (κ2) is 10.0. The van der Waals surface area contributed by atoms with Crippen LogP contribution in [0, 0.1) is 0 Å². The zero-order valence-electron chi connectivity index (χ0n) is 19.2. The SMILES string of the molecule is COc1ccc(C2(CNC(=O)c3cccc(NC(=O)OC(C)(C)C)c3)CCOCC2)cc1. The predicted octanol–water partition coefficient (Wildman–Crippen LogP) is 4.52. The number of ether oxygens (including phenoxy) is 3. The van der Waals surface area contributed by atoms with Gasteiger partial charge in [-0.25, -0.2) is 4.79 Å². The van der Waals surface area contributed by atoms with Crippen LogP contribution in [0.1, 0.15) is 49.5 Å². The maximum atomic E-state index is 12.9. The highest BCUT2D eigenvalue weighted by molar-refractivity contribution is 5.96. The lowest BCUT2D eigenvalue weighted by Crippen LogP contribution is -2.44. The van der Waals surface area contributed by atoms with Gasteiger partial charge < -0.3 is 19.5 Å². The summed E-state index contributed by atoms with van der Waals surface area (Å²) < 4.78 is 16.1. The number of methoxy groups -OCH3 is 1. The Balaban J connectivity index is 1.69. The van der Waals surface area contributed by atoms with Crippen molar-refractivity contribution in [2.24, 2.45) is 0 Å². The molecule has 0 unspecified atom stereocenters. The number of benzene rings is 2. The van der Waals surface area contributed by atoms with Crippen LogP contribution in [0.5, 0.6) is 5.75 Å². The van der Waals surface area contributed by atoms with Crippen LogP contribution in [-0.4, -0.2) is 44.5 Å². The van der Waals surface area contributed by atoms with Gasteiger partial charge in [0.1, 0.15) is 11.4 Å². The van der Waals surface area contributed by atoms with Crippen molar-refractivity contribution in [1.82, 2.24) is 5.32 Å². The van der Waals surface area contributed by atoms with Crippen LogP contribution in [0.4, 0.5) is 10.5 Å².